The van der Waals surface area contributed by atoms with Crippen LogP contribution in [0.2, 0.25) is 0 Å². The monoisotopic (exact) mass is 445 g/mol. The minimum Gasteiger partial charge on any atom is -0.357 e. The predicted octanol–water partition coefficient (Wildman–Crippen LogP) is 3.55. The quantitative estimate of drug-likeness (QED) is 0.278. The molecule has 2 rings (SSSR count). The molecule has 136 valence electrons. The molecule has 1 aromatic heterocycles. The van der Waals surface area contributed by atoms with Crippen molar-refractivity contribution in [3.8, 4) is 0 Å². The molecule has 0 unspecified atom stereocenters. The largest absolute Gasteiger partial charge is 0.357 e. The number of unbranched alkanes of at least 4 members (excludes halogenated alkanes) is 3. The minimum absolute atomic E-state index is 0. The van der Waals surface area contributed by atoms with Gasteiger partial charge in [-0.25, -0.2) is 4.98 Å². The van der Waals surface area contributed by atoms with Gasteiger partial charge in [-0.15, -0.1) is 24.0 Å². The molecule has 1 saturated heterocycles. The first-order chi connectivity index (χ1) is 11.3. The van der Waals surface area contributed by atoms with Gasteiger partial charge in [0.15, 0.2) is 5.96 Å². The highest BCUT2D eigenvalue weighted by molar-refractivity contribution is 14.0. The Morgan fingerprint density at radius 2 is 1.96 bits per heavy atom. The van der Waals surface area contributed by atoms with Crippen LogP contribution in [0.4, 0.5) is 5.82 Å². The van der Waals surface area contributed by atoms with E-state index >= 15 is 0 Å². The maximum Gasteiger partial charge on any atom is 0.191 e. The molecule has 1 aliphatic rings. The van der Waals surface area contributed by atoms with Gasteiger partial charge < -0.3 is 15.5 Å². The summed E-state index contributed by atoms with van der Waals surface area (Å²) in [5, 5.41) is 6.72. The first kappa shape index (κ1) is 21.0. The fraction of sp³-hybridized carbons (Fsp3) is 0.667. The van der Waals surface area contributed by atoms with Crippen LogP contribution in [-0.2, 0) is 6.54 Å². The van der Waals surface area contributed by atoms with Crippen LogP contribution in [0.25, 0.3) is 0 Å². The fourth-order valence-corrected chi connectivity index (χ4v) is 2.82. The average Bonchev–Trinajstić information content (AvgIpc) is 3.12. The molecule has 0 atom stereocenters. The van der Waals surface area contributed by atoms with Crippen molar-refractivity contribution in [2.75, 3.05) is 31.6 Å². The van der Waals surface area contributed by atoms with Crippen molar-refractivity contribution in [1.29, 1.82) is 0 Å². The summed E-state index contributed by atoms with van der Waals surface area (Å²) in [6, 6.07) is 4.28. The maximum absolute atomic E-state index is 4.59. The topological polar surface area (TPSA) is 52.6 Å². The SMILES string of the molecule is CCCCCCNC(=NC)NCc1ccc(N2CCCC2)nc1.I. The van der Waals surface area contributed by atoms with E-state index in [-0.39, 0.29) is 24.0 Å². The zero-order chi connectivity index (χ0) is 16.3. The van der Waals surface area contributed by atoms with Crippen molar-refractivity contribution in [3.05, 3.63) is 23.9 Å². The third-order valence-corrected chi connectivity index (χ3v) is 4.25. The summed E-state index contributed by atoms with van der Waals surface area (Å²) in [5.41, 5.74) is 1.18. The summed E-state index contributed by atoms with van der Waals surface area (Å²) in [5.74, 6) is 1.97. The maximum atomic E-state index is 4.59. The lowest BCUT2D eigenvalue weighted by Gasteiger charge is -2.16. The number of aromatic nitrogens is 1. The Bertz CT molecular complexity index is 469. The summed E-state index contributed by atoms with van der Waals surface area (Å²) in [7, 11) is 1.82. The van der Waals surface area contributed by atoms with Crippen LogP contribution in [0.3, 0.4) is 0 Å². The molecular formula is C18H32IN5. The Hall–Kier alpha value is -1.05. The number of anilines is 1. The molecule has 0 saturated carbocycles. The van der Waals surface area contributed by atoms with E-state index in [1.54, 1.807) is 0 Å². The Labute approximate surface area is 163 Å². The molecule has 0 amide bonds. The van der Waals surface area contributed by atoms with E-state index in [2.05, 4.69) is 44.6 Å². The molecule has 0 radical (unpaired) electrons. The molecule has 1 fully saturated rings. The normalized spacial score (nSPS) is 14.4. The van der Waals surface area contributed by atoms with Crippen molar-refractivity contribution >= 4 is 35.8 Å². The number of nitrogens with one attached hydrogen (secondary N) is 2. The van der Waals surface area contributed by atoms with E-state index in [4.69, 9.17) is 0 Å². The Kier molecular flexibility index (Phi) is 10.8. The second-order valence-electron chi connectivity index (χ2n) is 6.13. The lowest BCUT2D eigenvalue weighted by atomic mass is 10.2. The van der Waals surface area contributed by atoms with E-state index in [0.717, 1.165) is 38.0 Å². The van der Waals surface area contributed by atoms with Crippen molar-refractivity contribution in [2.24, 2.45) is 4.99 Å². The third-order valence-electron chi connectivity index (χ3n) is 4.25. The number of hydrogen-bond donors (Lipinski definition) is 2. The van der Waals surface area contributed by atoms with Gasteiger partial charge in [0.2, 0.25) is 0 Å². The van der Waals surface area contributed by atoms with Crippen LogP contribution < -0.4 is 15.5 Å². The van der Waals surface area contributed by atoms with Gasteiger partial charge in [0.1, 0.15) is 5.82 Å². The third kappa shape index (κ3) is 7.23. The molecule has 0 aromatic carbocycles. The Morgan fingerprint density at radius 3 is 2.58 bits per heavy atom. The number of nitrogens with zero attached hydrogens (tertiary/aromatic N) is 3. The smallest absolute Gasteiger partial charge is 0.191 e. The Balaban J connectivity index is 0.00000288. The van der Waals surface area contributed by atoms with Crippen LogP contribution in [0, 0.1) is 0 Å². The van der Waals surface area contributed by atoms with Crippen LogP contribution in [-0.4, -0.2) is 37.6 Å². The number of rotatable bonds is 8. The zero-order valence-corrected chi connectivity index (χ0v) is 17.4. The van der Waals surface area contributed by atoms with Crippen LogP contribution >= 0.6 is 24.0 Å². The highest BCUT2D eigenvalue weighted by Crippen LogP contribution is 2.17. The summed E-state index contributed by atoms with van der Waals surface area (Å²) >= 11 is 0. The van der Waals surface area contributed by atoms with Gasteiger partial charge in [-0.05, 0) is 30.9 Å². The number of hydrogen-bond acceptors (Lipinski definition) is 3. The predicted molar refractivity (Wildman–Crippen MR) is 113 cm³/mol. The highest BCUT2D eigenvalue weighted by Gasteiger charge is 2.12. The lowest BCUT2D eigenvalue weighted by Crippen LogP contribution is -2.37. The van der Waals surface area contributed by atoms with E-state index < -0.39 is 0 Å². The molecule has 6 heteroatoms. The molecule has 0 aliphatic carbocycles. The summed E-state index contributed by atoms with van der Waals surface area (Å²) in [6.07, 6.45) is 9.59. The van der Waals surface area contributed by atoms with Gasteiger partial charge in [0.25, 0.3) is 0 Å². The molecule has 24 heavy (non-hydrogen) atoms. The van der Waals surface area contributed by atoms with E-state index in [1.807, 2.05) is 13.2 Å². The second-order valence-corrected chi connectivity index (χ2v) is 6.13. The van der Waals surface area contributed by atoms with Crippen LogP contribution in [0.15, 0.2) is 23.3 Å². The van der Waals surface area contributed by atoms with Crippen molar-refractivity contribution < 1.29 is 0 Å². The summed E-state index contributed by atoms with van der Waals surface area (Å²) in [6.45, 7) is 6.24. The molecule has 2 N–H and O–H groups in total. The zero-order valence-electron chi connectivity index (χ0n) is 15.1. The van der Waals surface area contributed by atoms with Gasteiger partial charge in [0, 0.05) is 39.4 Å². The molecule has 5 nitrogen and oxygen atoms in total. The molecule has 0 bridgehead atoms. The first-order valence-electron chi connectivity index (χ1n) is 8.98. The van der Waals surface area contributed by atoms with Gasteiger partial charge in [-0.2, -0.15) is 0 Å². The van der Waals surface area contributed by atoms with Crippen LogP contribution in [0.1, 0.15) is 51.0 Å². The minimum atomic E-state index is 0. The van der Waals surface area contributed by atoms with Crippen LogP contribution in [0.5, 0.6) is 0 Å². The first-order valence-corrected chi connectivity index (χ1v) is 8.98. The second kappa shape index (κ2) is 12.3. The van der Waals surface area contributed by atoms with Crippen molar-refractivity contribution in [2.45, 2.75) is 52.0 Å². The molecule has 1 aromatic rings. The van der Waals surface area contributed by atoms with Gasteiger partial charge in [-0.3, -0.25) is 4.99 Å². The molecule has 2 heterocycles. The molecule has 1 aliphatic heterocycles. The van der Waals surface area contributed by atoms with E-state index in [9.17, 15) is 0 Å². The van der Waals surface area contributed by atoms with E-state index in [1.165, 1.54) is 44.1 Å². The van der Waals surface area contributed by atoms with Crippen molar-refractivity contribution in [3.63, 3.8) is 0 Å². The molecule has 0 spiro atoms. The number of aliphatic imine (C=N–C) groups is 1. The van der Waals surface area contributed by atoms with Gasteiger partial charge in [-0.1, -0.05) is 32.3 Å². The summed E-state index contributed by atoms with van der Waals surface area (Å²) < 4.78 is 0. The van der Waals surface area contributed by atoms with Gasteiger partial charge >= 0.3 is 0 Å². The van der Waals surface area contributed by atoms with E-state index in [0.29, 0.717) is 0 Å². The Morgan fingerprint density at radius 1 is 1.17 bits per heavy atom. The van der Waals surface area contributed by atoms with Crippen molar-refractivity contribution in [1.82, 2.24) is 15.6 Å². The standard InChI is InChI=1S/C18H31N5.HI/c1-3-4-5-6-11-20-18(19-2)22-15-16-9-10-17(21-14-16)23-12-7-8-13-23;/h9-10,14H,3-8,11-13,15H2,1-2H3,(H2,19,20,22);1H. The number of guanidine groups is 1. The lowest BCUT2D eigenvalue weighted by molar-refractivity contribution is 0.647. The highest BCUT2D eigenvalue weighted by atomic mass is 127. The molecular weight excluding hydrogens is 413 g/mol. The fourth-order valence-electron chi connectivity index (χ4n) is 2.82. The number of pyridine rings is 1. The summed E-state index contributed by atoms with van der Waals surface area (Å²) in [4.78, 5) is 11.2. The van der Waals surface area contributed by atoms with Gasteiger partial charge in [0.05, 0.1) is 0 Å². The average molecular weight is 445 g/mol. The number of halogens is 1.